The van der Waals surface area contributed by atoms with Crippen LogP contribution in [-0.2, 0) is 7.05 Å². The zero-order chi connectivity index (χ0) is 11.7. The summed E-state index contributed by atoms with van der Waals surface area (Å²) in [7, 11) is 1.75. The number of aliphatic hydroxyl groups is 1. The molecule has 0 aliphatic rings. The van der Waals surface area contributed by atoms with E-state index in [0.717, 1.165) is 0 Å². The lowest BCUT2D eigenvalue weighted by Crippen LogP contribution is -2.07. The quantitative estimate of drug-likeness (QED) is 0.898. The van der Waals surface area contributed by atoms with E-state index in [4.69, 9.17) is 23.2 Å². The molecule has 0 saturated heterocycles. The van der Waals surface area contributed by atoms with Crippen molar-refractivity contribution in [3.8, 4) is 0 Å². The first-order valence-electron chi connectivity index (χ1n) is 4.71. The summed E-state index contributed by atoms with van der Waals surface area (Å²) in [6, 6.07) is 6.86. The minimum Gasteiger partial charge on any atom is -0.382 e. The SMILES string of the molecule is Cn1nccc1C(O)c1c(Cl)cccc1Cl. The van der Waals surface area contributed by atoms with E-state index in [1.807, 2.05) is 0 Å². The molecule has 84 valence electrons. The monoisotopic (exact) mass is 256 g/mol. The third kappa shape index (κ3) is 1.94. The Morgan fingerprint density at radius 3 is 2.38 bits per heavy atom. The van der Waals surface area contributed by atoms with E-state index in [1.165, 1.54) is 0 Å². The Bertz CT molecular complexity index is 490. The molecule has 0 radical (unpaired) electrons. The van der Waals surface area contributed by atoms with Gasteiger partial charge in [0.1, 0.15) is 6.10 Å². The van der Waals surface area contributed by atoms with Crippen LogP contribution in [0.4, 0.5) is 0 Å². The lowest BCUT2D eigenvalue weighted by molar-refractivity contribution is 0.210. The van der Waals surface area contributed by atoms with Crippen LogP contribution >= 0.6 is 23.2 Å². The number of benzene rings is 1. The van der Waals surface area contributed by atoms with Gasteiger partial charge in [-0.25, -0.2) is 0 Å². The number of hydrogen-bond donors (Lipinski definition) is 1. The number of aliphatic hydroxyl groups excluding tert-OH is 1. The lowest BCUT2D eigenvalue weighted by atomic mass is 10.1. The van der Waals surface area contributed by atoms with Gasteiger partial charge in [0.15, 0.2) is 0 Å². The highest BCUT2D eigenvalue weighted by atomic mass is 35.5. The molecule has 0 amide bonds. The predicted octanol–water partition coefficient (Wildman–Crippen LogP) is 2.81. The maximum Gasteiger partial charge on any atom is 0.123 e. The van der Waals surface area contributed by atoms with Gasteiger partial charge in [-0.15, -0.1) is 0 Å². The molecular weight excluding hydrogens is 247 g/mol. The zero-order valence-electron chi connectivity index (χ0n) is 8.56. The van der Waals surface area contributed by atoms with Crippen molar-refractivity contribution in [2.75, 3.05) is 0 Å². The lowest BCUT2D eigenvalue weighted by Gasteiger charge is -2.14. The van der Waals surface area contributed by atoms with Gasteiger partial charge in [0, 0.05) is 28.9 Å². The Morgan fingerprint density at radius 2 is 1.88 bits per heavy atom. The highest BCUT2D eigenvalue weighted by Gasteiger charge is 2.19. The molecule has 0 spiro atoms. The van der Waals surface area contributed by atoms with Gasteiger partial charge in [-0.1, -0.05) is 29.3 Å². The molecule has 1 N–H and O–H groups in total. The van der Waals surface area contributed by atoms with Crippen molar-refractivity contribution < 1.29 is 5.11 Å². The van der Waals surface area contributed by atoms with Crippen molar-refractivity contribution >= 4 is 23.2 Å². The second-order valence-electron chi connectivity index (χ2n) is 3.42. The molecule has 1 heterocycles. The van der Waals surface area contributed by atoms with Crippen LogP contribution in [0, 0.1) is 0 Å². The summed E-state index contributed by atoms with van der Waals surface area (Å²) in [5, 5.41) is 15.1. The fourth-order valence-electron chi connectivity index (χ4n) is 1.57. The van der Waals surface area contributed by atoms with Crippen LogP contribution in [0.1, 0.15) is 17.4 Å². The van der Waals surface area contributed by atoms with Gasteiger partial charge in [0.2, 0.25) is 0 Å². The fourth-order valence-corrected chi connectivity index (χ4v) is 2.18. The van der Waals surface area contributed by atoms with E-state index in [2.05, 4.69) is 5.10 Å². The van der Waals surface area contributed by atoms with Crippen molar-refractivity contribution in [3.05, 3.63) is 51.8 Å². The summed E-state index contributed by atoms with van der Waals surface area (Å²) in [6.07, 6.45) is 0.747. The standard InChI is InChI=1S/C11H10Cl2N2O/c1-15-9(5-6-14-15)11(16)10-7(12)3-2-4-8(10)13/h2-6,11,16H,1H3. The molecule has 5 heteroatoms. The van der Waals surface area contributed by atoms with Gasteiger partial charge in [-0.05, 0) is 18.2 Å². The van der Waals surface area contributed by atoms with Gasteiger partial charge in [-0.3, -0.25) is 4.68 Å². The van der Waals surface area contributed by atoms with Crippen LogP contribution in [0.25, 0.3) is 0 Å². The van der Waals surface area contributed by atoms with Crippen LogP contribution in [0.15, 0.2) is 30.5 Å². The van der Waals surface area contributed by atoms with E-state index in [1.54, 1.807) is 42.2 Å². The highest BCUT2D eigenvalue weighted by Crippen LogP contribution is 2.33. The molecule has 1 unspecified atom stereocenters. The highest BCUT2D eigenvalue weighted by molar-refractivity contribution is 6.36. The summed E-state index contributed by atoms with van der Waals surface area (Å²) in [5.74, 6) is 0. The maximum absolute atomic E-state index is 10.2. The first kappa shape index (κ1) is 11.5. The van der Waals surface area contributed by atoms with E-state index >= 15 is 0 Å². The van der Waals surface area contributed by atoms with Crippen molar-refractivity contribution in [2.45, 2.75) is 6.10 Å². The van der Waals surface area contributed by atoms with Crippen LogP contribution in [0.3, 0.4) is 0 Å². The molecule has 16 heavy (non-hydrogen) atoms. The molecule has 0 bridgehead atoms. The second kappa shape index (κ2) is 4.45. The summed E-state index contributed by atoms with van der Waals surface area (Å²) < 4.78 is 1.59. The molecule has 0 aliphatic carbocycles. The molecular formula is C11H10Cl2N2O. The number of aryl methyl sites for hydroxylation is 1. The van der Waals surface area contributed by atoms with Crippen LogP contribution in [-0.4, -0.2) is 14.9 Å². The van der Waals surface area contributed by atoms with Crippen molar-refractivity contribution in [1.29, 1.82) is 0 Å². The third-order valence-electron chi connectivity index (χ3n) is 2.41. The zero-order valence-corrected chi connectivity index (χ0v) is 10.1. The minimum absolute atomic E-state index is 0.446. The maximum atomic E-state index is 10.2. The molecule has 2 rings (SSSR count). The molecule has 3 nitrogen and oxygen atoms in total. The Kier molecular flexibility index (Phi) is 3.19. The molecule has 1 aromatic carbocycles. The van der Waals surface area contributed by atoms with Crippen molar-refractivity contribution in [3.63, 3.8) is 0 Å². The Balaban J connectivity index is 2.49. The number of rotatable bonds is 2. The Hall–Kier alpha value is -1.03. The van der Waals surface area contributed by atoms with Crippen LogP contribution in [0.5, 0.6) is 0 Å². The molecule has 0 fully saturated rings. The van der Waals surface area contributed by atoms with Crippen molar-refractivity contribution in [2.24, 2.45) is 7.05 Å². The second-order valence-corrected chi connectivity index (χ2v) is 4.23. The molecule has 1 atom stereocenters. The van der Waals surface area contributed by atoms with E-state index in [9.17, 15) is 5.11 Å². The van der Waals surface area contributed by atoms with E-state index < -0.39 is 6.10 Å². The van der Waals surface area contributed by atoms with Crippen LogP contribution < -0.4 is 0 Å². The number of halogens is 2. The first-order chi connectivity index (χ1) is 7.61. The Labute approximate surface area is 103 Å². The van der Waals surface area contributed by atoms with Gasteiger partial charge in [-0.2, -0.15) is 5.10 Å². The average Bonchev–Trinajstić information content (AvgIpc) is 2.64. The van der Waals surface area contributed by atoms with E-state index in [0.29, 0.717) is 21.3 Å². The fraction of sp³-hybridized carbons (Fsp3) is 0.182. The molecule has 2 aromatic rings. The smallest absolute Gasteiger partial charge is 0.123 e. The summed E-state index contributed by atoms with van der Waals surface area (Å²) in [6.45, 7) is 0. The first-order valence-corrected chi connectivity index (χ1v) is 5.46. The molecule has 0 saturated carbocycles. The number of aromatic nitrogens is 2. The Morgan fingerprint density at radius 1 is 1.25 bits per heavy atom. The van der Waals surface area contributed by atoms with Gasteiger partial charge in [0.05, 0.1) is 5.69 Å². The predicted molar refractivity (Wildman–Crippen MR) is 63.7 cm³/mol. The largest absolute Gasteiger partial charge is 0.382 e. The van der Waals surface area contributed by atoms with Gasteiger partial charge in [0.25, 0.3) is 0 Å². The van der Waals surface area contributed by atoms with Gasteiger partial charge >= 0.3 is 0 Å². The topological polar surface area (TPSA) is 38.0 Å². The summed E-state index contributed by atoms with van der Waals surface area (Å²) >= 11 is 12.0. The third-order valence-corrected chi connectivity index (χ3v) is 3.07. The number of nitrogens with zero attached hydrogens (tertiary/aromatic N) is 2. The molecule has 0 aliphatic heterocycles. The van der Waals surface area contributed by atoms with E-state index in [-0.39, 0.29) is 0 Å². The number of hydrogen-bond acceptors (Lipinski definition) is 2. The summed E-state index contributed by atoms with van der Waals surface area (Å²) in [4.78, 5) is 0. The molecule has 1 aromatic heterocycles. The van der Waals surface area contributed by atoms with Gasteiger partial charge < -0.3 is 5.11 Å². The van der Waals surface area contributed by atoms with Crippen molar-refractivity contribution in [1.82, 2.24) is 9.78 Å². The summed E-state index contributed by atoms with van der Waals surface area (Å²) in [5.41, 5.74) is 1.16. The minimum atomic E-state index is -0.867. The van der Waals surface area contributed by atoms with Crippen LogP contribution in [0.2, 0.25) is 10.0 Å². The average molecular weight is 257 g/mol. The normalized spacial score (nSPS) is 12.8.